The van der Waals surface area contributed by atoms with Crippen molar-refractivity contribution in [3.63, 3.8) is 0 Å². The van der Waals surface area contributed by atoms with E-state index in [1.54, 1.807) is 6.07 Å². The predicted molar refractivity (Wildman–Crippen MR) is 136 cm³/mol. The third-order valence-corrected chi connectivity index (χ3v) is 6.91. The molecule has 0 unspecified atom stereocenters. The summed E-state index contributed by atoms with van der Waals surface area (Å²) >= 11 is 0. The Morgan fingerprint density at radius 1 is 0.909 bits per heavy atom. The van der Waals surface area contributed by atoms with Gasteiger partial charge >= 0.3 is 0 Å². The third-order valence-electron chi connectivity index (χ3n) is 6.91. The molecule has 3 heterocycles. The molecule has 1 amide bonds. The van der Waals surface area contributed by atoms with Crippen molar-refractivity contribution in [1.29, 1.82) is 0 Å². The van der Waals surface area contributed by atoms with E-state index in [0.717, 1.165) is 17.8 Å². The second-order valence-corrected chi connectivity index (χ2v) is 8.86. The highest BCUT2D eigenvalue weighted by atomic mass is 35.5. The molecule has 3 aromatic rings. The third kappa shape index (κ3) is 4.58. The van der Waals surface area contributed by atoms with Gasteiger partial charge in [-0.3, -0.25) is 14.5 Å². The zero-order valence-electron chi connectivity index (χ0n) is 18.7. The Morgan fingerprint density at radius 3 is 2.30 bits per heavy atom. The number of aromatic nitrogens is 1. The van der Waals surface area contributed by atoms with Gasteiger partial charge in [0, 0.05) is 37.3 Å². The van der Waals surface area contributed by atoms with Crippen molar-refractivity contribution in [3.8, 4) is 11.3 Å². The van der Waals surface area contributed by atoms with Gasteiger partial charge in [-0.05, 0) is 48.7 Å². The van der Waals surface area contributed by atoms with Gasteiger partial charge in [-0.25, -0.2) is 0 Å². The number of H-pyrrole nitrogens is 1. The van der Waals surface area contributed by atoms with E-state index in [0.29, 0.717) is 31.0 Å². The van der Waals surface area contributed by atoms with Crippen LogP contribution in [0.15, 0.2) is 71.5 Å². The van der Waals surface area contributed by atoms with Crippen molar-refractivity contribution in [2.75, 3.05) is 26.7 Å². The SMILES string of the molecule is Cc1ccccc1[C@@H]1[C@@H]2CN(C(=O)c3ccc(-c4ccccc4)[nH]c3=O)C[C@@H]2CN1C.Cl.Cl. The number of amides is 1. The second kappa shape index (κ2) is 10.1. The van der Waals surface area contributed by atoms with Crippen LogP contribution in [0.1, 0.15) is 27.5 Å². The highest BCUT2D eigenvalue weighted by molar-refractivity contribution is 5.94. The molecule has 0 bridgehead atoms. The maximum Gasteiger partial charge on any atom is 0.261 e. The van der Waals surface area contributed by atoms with Crippen molar-refractivity contribution in [2.45, 2.75) is 13.0 Å². The Balaban J connectivity index is 0.00000153. The van der Waals surface area contributed by atoms with Crippen LogP contribution in [0.3, 0.4) is 0 Å². The van der Waals surface area contributed by atoms with Crippen LogP contribution >= 0.6 is 24.8 Å². The zero-order chi connectivity index (χ0) is 21.5. The fraction of sp³-hybridized carbons (Fsp3) is 0.308. The van der Waals surface area contributed by atoms with Gasteiger partial charge in [-0.2, -0.15) is 0 Å². The number of carbonyl (C=O) groups is 1. The summed E-state index contributed by atoms with van der Waals surface area (Å²) in [6.07, 6.45) is 0. The summed E-state index contributed by atoms with van der Waals surface area (Å²) in [7, 11) is 2.18. The van der Waals surface area contributed by atoms with E-state index >= 15 is 0 Å². The summed E-state index contributed by atoms with van der Waals surface area (Å²) in [6.45, 7) is 4.52. The highest BCUT2D eigenvalue weighted by Gasteiger charge is 2.47. The summed E-state index contributed by atoms with van der Waals surface area (Å²) in [5.74, 6) is 0.653. The molecule has 0 aliphatic carbocycles. The molecule has 174 valence electrons. The summed E-state index contributed by atoms with van der Waals surface area (Å²) in [5.41, 5.74) is 4.19. The summed E-state index contributed by atoms with van der Waals surface area (Å²) < 4.78 is 0. The molecular weight excluding hydrogens is 457 g/mol. The molecule has 5 nitrogen and oxygen atoms in total. The van der Waals surface area contributed by atoms with Crippen molar-refractivity contribution in [1.82, 2.24) is 14.8 Å². The Bertz CT molecular complexity index is 1180. The number of halogens is 2. The van der Waals surface area contributed by atoms with Crippen molar-refractivity contribution < 1.29 is 4.79 Å². The normalized spacial score (nSPS) is 21.8. The molecule has 0 radical (unpaired) electrons. The predicted octanol–water partition coefficient (Wildman–Crippen LogP) is 4.57. The standard InChI is InChI=1S/C26H27N3O2.2ClH/c1-17-8-6-7-11-20(17)24-22-16-29(15-19(22)14-28(24)2)26(31)21-12-13-23(27-25(21)30)18-9-4-3-5-10-18;;/h3-13,19,22,24H,14-16H2,1-2H3,(H,27,30);2*1H/t19-,22+,24+;;/m0../s1. The molecule has 2 fully saturated rings. The van der Waals surface area contributed by atoms with Crippen LogP contribution in [0.2, 0.25) is 0 Å². The van der Waals surface area contributed by atoms with E-state index in [-0.39, 0.29) is 41.8 Å². The lowest BCUT2D eigenvalue weighted by Crippen LogP contribution is -2.36. The van der Waals surface area contributed by atoms with Crippen LogP contribution in [0.4, 0.5) is 0 Å². The maximum atomic E-state index is 13.2. The molecule has 3 atom stereocenters. The minimum atomic E-state index is -0.323. The number of hydrogen-bond acceptors (Lipinski definition) is 3. The van der Waals surface area contributed by atoms with E-state index in [4.69, 9.17) is 0 Å². The number of fused-ring (bicyclic) bond motifs is 1. The number of nitrogens with zero attached hydrogens (tertiary/aromatic N) is 2. The van der Waals surface area contributed by atoms with Crippen molar-refractivity contribution >= 4 is 30.7 Å². The molecule has 2 saturated heterocycles. The Hall–Kier alpha value is -2.60. The average molecular weight is 486 g/mol. The van der Waals surface area contributed by atoms with E-state index in [1.165, 1.54) is 11.1 Å². The number of aromatic amines is 1. The molecule has 1 N–H and O–H groups in total. The number of pyridine rings is 1. The molecule has 7 heteroatoms. The molecular formula is C26H29Cl2N3O2. The number of aryl methyl sites for hydroxylation is 1. The summed E-state index contributed by atoms with van der Waals surface area (Å²) in [5, 5.41) is 0. The van der Waals surface area contributed by atoms with E-state index in [2.05, 4.69) is 48.1 Å². The van der Waals surface area contributed by atoms with Gasteiger partial charge in [0.15, 0.2) is 0 Å². The molecule has 0 spiro atoms. The number of carbonyl (C=O) groups excluding carboxylic acids is 1. The number of benzene rings is 2. The van der Waals surface area contributed by atoms with Crippen LogP contribution in [-0.4, -0.2) is 47.4 Å². The van der Waals surface area contributed by atoms with Crippen LogP contribution in [0.5, 0.6) is 0 Å². The molecule has 33 heavy (non-hydrogen) atoms. The quantitative estimate of drug-likeness (QED) is 0.590. The van der Waals surface area contributed by atoms with Gasteiger partial charge in [0.1, 0.15) is 5.56 Å². The molecule has 5 rings (SSSR count). The van der Waals surface area contributed by atoms with E-state index in [9.17, 15) is 9.59 Å². The fourth-order valence-electron chi connectivity index (χ4n) is 5.41. The minimum Gasteiger partial charge on any atom is -0.338 e. The number of nitrogens with one attached hydrogen (secondary N) is 1. The largest absolute Gasteiger partial charge is 0.338 e. The average Bonchev–Trinajstić information content (AvgIpc) is 3.31. The Morgan fingerprint density at radius 2 is 1.61 bits per heavy atom. The van der Waals surface area contributed by atoms with Crippen LogP contribution in [0, 0.1) is 18.8 Å². The molecule has 0 saturated carbocycles. The first kappa shape index (κ1) is 25.0. The topological polar surface area (TPSA) is 56.4 Å². The van der Waals surface area contributed by atoms with Crippen molar-refractivity contribution in [3.05, 3.63) is 93.8 Å². The summed E-state index contributed by atoms with van der Waals surface area (Å²) in [6, 6.07) is 22.0. The fourth-order valence-corrected chi connectivity index (χ4v) is 5.41. The first-order valence-corrected chi connectivity index (χ1v) is 10.9. The van der Waals surface area contributed by atoms with Gasteiger partial charge in [0.05, 0.1) is 0 Å². The van der Waals surface area contributed by atoms with Crippen molar-refractivity contribution in [2.24, 2.45) is 11.8 Å². The lowest BCUT2D eigenvalue weighted by molar-refractivity contribution is 0.0766. The lowest BCUT2D eigenvalue weighted by atomic mass is 9.88. The molecule has 2 aromatic carbocycles. The second-order valence-electron chi connectivity index (χ2n) is 8.86. The zero-order valence-corrected chi connectivity index (χ0v) is 20.4. The summed E-state index contributed by atoms with van der Waals surface area (Å²) in [4.78, 5) is 33.1. The first-order chi connectivity index (χ1) is 15.0. The van der Waals surface area contributed by atoms with Crippen LogP contribution < -0.4 is 5.56 Å². The van der Waals surface area contributed by atoms with Gasteiger partial charge in [0.25, 0.3) is 11.5 Å². The number of rotatable bonds is 3. The monoisotopic (exact) mass is 485 g/mol. The van der Waals surface area contributed by atoms with Gasteiger partial charge < -0.3 is 9.88 Å². The van der Waals surface area contributed by atoms with Gasteiger partial charge in [-0.1, -0.05) is 54.6 Å². The molecule has 1 aromatic heterocycles. The van der Waals surface area contributed by atoms with Gasteiger partial charge in [0.2, 0.25) is 0 Å². The van der Waals surface area contributed by atoms with Gasteiger partial charge in [-0.15, -0.1) is 24.8 Å². The Labute approximate surface area is 206 Å². The van der Waals surface area contributed by atoms with E-state index in [1.807, 2.05) is 41.3 Å². The smallest absolute Gasteiger partial charge is 0.261 e. The number of hydrogen-bond donors (Lipinski definition) is 1. The van der Waals surface area contributed by atoms with E-state index < -0.39 is 0 Å². The van der Waals surface area contributed by atoms with Crippen LogP contribution in [0.25, 0.3) is 11.3 Å². The molecule has 2 aliphatic heterocycles. The maximum absolute atomic E-state index is 13.2. The highest BCUT2D eigenvalue weighted by Crippen LogP contribution is 2.45. The lowest BCUT2D eigenvalue weighted by Gasteiger charge is -2.28. The van der Waals surface area contributed by atoms with Crippen LogP contribution in [-0.2, 0) is 0 Å². The Kier molecular flexibility index (Phi) is 7.68. The first-order valence-electron chi connectivity index (χ1n) is 10.9. The minimum absolute atomic E-state index is 0. The number of likely N-dealkylation sites (tertiary alicyclic amines) is 2. The molecule has 2 aliphatic rings.